The Labute approximate surface area is 146 Å². The van der Waals surface area contributed by atoms with Gasteiger partial charge in [-0.25, -0.2) is 9.37 Å². The number of aromatic nitrogens is 2. The van der Waals surface area contributed by atoms with Crippen LogP contribution in [0.1, 0.15) is 24.8 Å². The zero-order valence-corrected chi connectivity index (χ0v) is 14.1. The second-order valence-corrected chi connectivity index (χ2v) is 6.60. The maximum absolute atomic E-state index is 14.2. The predicted octanol–water partition coefficient (Wildman–Crippen LogP) is 3.57. The second kappa shape index (κ2) is 6.84. The predicted molar refractivity (Wildman–Crippen MR) is 97.3 cm³/mol. The van der Waals surface area contributed by atoms with Gasteiger partial charge in [0.2, 0.25) is 5.95 Å². The van der Waals surface area contributed by atoms with Gasteiger partial charge in [0.15, 0.2) is 0 Å². The third-order valence-corrected chi connectivity index (χ3v) is 5.02. The third-order valence-electron chi connectivity index (χ3n) is 5.02. The fourth-order valence-electron chi connectivity index (χ4n) is 3.69. The van der Waals surface area contributed by atoms with Gasteiger partial charge in [0, 0.05) is 12.1 Å². The molecule has 130 valence electrons. The Morgan fingerprint density at radius 3 is 2.72 bits per heavy atom. The Hall–Kier alpha value is -2.40. The summed E-state index contributed by atoms with van der Waals surface area (Å²) in [4.78, 5) is 7.00. The number of hydrogen-bond acceptors (Lipinski definition) is 3. The van der Waals surface area contributed by atoms with Crippen molar-refractivity contribution in [3.05, 3.63) is 59.9 Å². The first kappa shape index (κ1) is 16.1. The summed E-state index contributed by atoms with van der Waals surface area (Å²) >= 11 is 0. The lowest BCUT2D eigenvalue weighted by atomic mass is 10.0. The first-order valence-electron chi connectivity index (χ1n) is 8.84. The largest absolute Gasteiger partial charge is 0.394 e. The Morgan fingerprint density at radius 2 is 1.88 bits per heavy atom. The van der Waals surface area contributed by atoms with Crippen LogP contribution >= 0.6 is 0 Å². The molecule has 4 nitrogen and oxygen atoms in total. The molecule has 1 fully saturated rings. The van der Waals surface area contributed by atoms with E-state index in [4.69, 9.17) is 4.98 Å². The normalized spacial score (nSPS) is 18.0. The van der Waals surface area contributed by atoms with Crippen LogP contribution in [-0.4, -0.2) is 33.9 Å². The number of rotatable bonds is 4. The molecule has 1 aliphatic heterocycles. The summed E-state index contributed by atoms with van der Waals surface area (Å²) in [6.45, 7) is 1.41. The summed E-state index contributed by atoms with van der Waals surface area (Å²) in [6, 6.07) is 14.9. The van der Waals surface area contributed by atoms with Crippen LogP contribution in [0.4, 0.5) is 10.3 Å². The molecule has 1 saturated heterocycles. The average molecular weight is 339 g/mol. The molecule has 2 aromatic carbocycles. The lowest BCUT2D eigenvalue weighted by molar-refractivity contribution is 0.238. The number of halogens is 1. The lowest BCUT2D eigenvalue weighted by Gasteiger charge is -2.35. The third kappa shape index (κ3) is 3.00. The number of aliphatic hydroxyl groups excluding tert-OH is 1. The fraction of sp³-hybridized carbons (Fsp3) is 0.350. The van der Waals surface area contributed by atoms with Crippen LogP contribution in [0.5, 0.6) is 0 Å². The van der Waals surface area contributed by atoms with Gasteiger partial charge in [0.05, 0.1) is 30.2 Å². The molecule has 1 N–H and O–H groups in total. The number of fused-ring (bicyclic) bond motifs is 1. The first-order chi connectivity index (χ1) is 12.3. The van der Waals surface area contributed by atoms with Crippen molar-refractivity contribution in [2.75, 3.05) is 18.1 Å². The highest BCUT2D eigenvalue weighted by atomic mass is 19.1. The zero-order chi connectivity index (χ0) is 17.2. The van der Waals surface area contributed by atoms with Gasteiger partial charge in [-0.3, -0.25) is 0 Å². The molecule has 0 spiro atoms. The van der Waals surface area contributed by atoms with Crippen LogP contribution in [0.25, 0.3) is 11.0 Å². The molecule has 1 unspecified atom stereocenters. The van der Waals surface area contributed by atoms with Crippen molar-refractivity contribution in [3.8, 4) is 0 Å². The second-order valence-electron chi connectivity index (χ2n) is 6.60. The minimum Gasteiger partial charge on any atom is -0.394 e. The van der Waals surface area contributed by atoms with E-state index >= 15 is 0 Å². The van der Waals surface area contributed by atoms with E-state index in [9.17, 15) is 9.50 Å². The van der Waals surface area contributed by atoms with Gasteiger partial charge in [-0.15, -0.1) is 0 Å². The number of piperidine rings is 1. The minimum absolute atomic E-state index is 0.0740. The summed E-state index contributed by atoms with van der Waals surface area (Å²) in [6.07, 6.45) is 3.16. The van der Waals surface area contributed by atoms with Gasteiger partial charge < -0.3 is 14.6 Å². The molecule has 0 bridgehead atoms. The van der Waals surface area contributed by atoms with Crippen LogP contribution in [0.3, 0.4) is 0 Å². The molecule has 0 radical (unpaired) electrons. The van der Waals surface area contributed by atoms with Gasteiger partial charge in [-0.2, -0.15) is 0 Å². The smallest absolute Gasteiger partial charge is 0.207 e. The number of nitrogens with zero attached hydrogens (tertiary/aromatic N) is 3. The van der Waals surface area contributed by atoms with E-state index in [0.29, 0.717) is 12.1 Å². The number of aliphatic hydroxyl groups is 1. The average Bonchev–Trinajstić information content (AvgIpc) is 3.02. The molecule has 4 rings (SSSR count). The van der Waals surface area contributed by atoms with Gasteiger partial charge in [0.25, 0.3) is 0 Å². The molecular weight excluding hydrogens is 317 g/mol. The van der Waals surface area contributed by atoms with Gasteiger partial charge in [-0.1, -0.05) is 30.3 Å². The Kier molecular flexibility index (Phi) is 4.40. The quantitative estimate of drug-likeness (QED) is 0.790. The van der Waals surface area contributed by atoms with Gasteiger partial charge in [-0.05, 0) is 37.5 Å². The number of imidazole rings is 1. The van der Waals surface area contributed by atoms with Crippen LogP contribution in [-0.2, 0) is 6.54 Å². The lowest BCUT2D eigenvalue weighted by Crippen LogP contribution is -2.43. The summed E-state index contributed by atoms with van der Waals surface area (Å²) in [5.41, 5.74) is 2.53. The topological polar surface area (TPSA) is 41.3 Å². The highest BCUT2D eigenvalue weighted by Crippen LogP contribution is 2.29. The molecule has 0 aliphatic carbocycles. The molecule has 1 aliphatic rings. The maximum Gasteiger partial charge on any atom is 0.207 e. The number of anilines is 1. The SMILES string of the molecule is OCC1CCCCN1c1nc2ccccc2n1Cc1ccccc1F. The number of para-hydroxylation sites is 2. The molecule has 0 saturated carbocycles. The van der Waals surface area contributed by atoms with Crippen molar-refractivity contribution in [2.24, 2.45) is 0 Å². The molecule has 25 heavy (non-hydrogen) atoms. The maximum atomic E-state index is 14.2. The summed E-state index contributed by atoms with van der Waals surface area (Å²) in [7, 11) is 0. The highest BCUT2D eigenvalue weighted by molar-refractivity contribution is 5.79. The molecule has 3 aromatic rings. The number of hydrogen-bond donors (Lipinski definition) is 1. The van der Waals surface area contributed by atoms with Crippen LogP contribution in [0.2, 0.25) is 0 Å². The van der Waals surface area contributed by atoms with E-state index in [0.717, 1.165) is 42.8 Å². The molecular formula is C20H22FN3O. The van der Waals surface area contributed by atoms with Gasteiger partial charge >= 0.3 is 0 Å². The van der Waals surface area contributed by atoms with Gasteiger partial charge in [0.1, 0.15) is 5.82 Å². The van der Waals surface area contributed by atoms with Crippen molar-refractivity contribution < 1.29 is 9.50 Å². The van der Waals surface area contributed by atoms with Crippen molar-refractivity contribution in [2.45, 2.75) is 31.8 Å². The van der Waals surface area contributed by atoms with E-state index in [-0.39, 0.29) is 18.5 Å². The summed E-state index contributed by atoms with van der Waals surface area (Å²) in [5.74, 6) is 0.617. The monoisotopic (exact) mass is 339 g/mol. The standard InChI is InChI=1S/C20H22FN3O/c21-17-9-2-1-7-15(17)13-24-19-11-4-3-10-18(19)22-20(24)23-12-6-5-8-16(23)14-25/h1-4,7,9-11,16,25H,5-6,8,12-14H2. The van der Waals surface area contributed by atoms with E-state index < -0.39 is 0 Å². The molecule has 0 amide bonds. The molecule has 5 heteroatoms. The Bertz CT molecular complexity index is 876. The molecule has 1 atom stereocenters. The first-order valence-corrected chi connectivity index (χ1v) is 8.84. The summed E-state index contributed by atoms with van der Waals surface area (Å²) < 4.78 is 16.3. The van der Waals surface area contributed by atoms with Crippen molar-refractivity contribution >= 4 is 17.0 Å². The Balaban J connectivity index is 1.82. The van der Waals surface area contributed by atoms with Crippen LogP contribution in [0, 0.1) is 5.82 Å². The highest BCUT2D eigenvalue weighted by Gasteiger charge is 2.26. The fourth-order valence-corrected chi connectivity index (χ4v) is 3.69. The van der Waals surface area contributed by atoms with Crippen LogP contribution in [0.15, 0.2) is 48.5 Å². The summed E-state index contributed by atoms with van der Waals surface area (Å²) in [5, 5.41) is 9.78. The van der Waals surface area contributed by atoms with E-state index in [1.54, 1.807) is 6.07 Å². The number of benzene rings is 2. The van der Waals surface area contributed by atoms with Crippen molar-refractivity contribution in [3.63, 3.8) is 0 Å². The van der Waals surface area contributed by atoms with E-state index in [1.165, 1.54) is 6.07 Å². The van der Waals surface area contributed by atoms with Crippen molar-refractivity contribution in [1.82, 2.24) is 9.55 Å². The van der Waals surface area contributed by atoms with Crippen molar-refractivity contribution in [1.29, 1.82) is 0 Å². The van der Waals surface area contributed by atoms with E-state index in [2.05, 4.69) is 9.47 Å². The molecule has 2 heterocycles. The Morgan fingerprint density at radius 1 is 1.08 bits per heavy atom. The molecule has 1 aromatic heterocycles. The minimum atomic E-state index is -0.205. The van der Waals surface area contributed by atoms with Crippen LogP contribution < -0.4 is 4.90 Å². The zero-order valence-electron chi connectivity index (χ0n) is 14.1. The van der Waals surface area contributed by atoms with E-state index in [1.807, 2.05) is 36.4 Å².